The number of carbonyl (C=O) groups is 3. The zero-order valence-electron chi connectivity index (χ0n) is 13.2. The molecule has 2 atom stereocenters. The van der Waals surface area contributed by atoms with Crippen molar-refractivity contribution in [1.82, 2.24) is 15.5 Å². The largest absolute Gasteiger partial charge is 0.467 e. The van der Waals surface area contributed by atoms with Crippen LogP contribution in [0.5, 0.6) is 0 Å². The summed E-state index contributed by atoms with van der Waals surface area (Å²) in [7, 11) is 0. The summed E-state index contributed by atoms with van der Waals surface area (Å²) in [6.45, 7) is 3.06. The van der Waals surface area contributed by atoms with E-state index in [2.05, 4.69) is 10.6 Å². The highest BCUT2D eigenvalue weighted by atomic mass is 32.1. The Morgan fingerprint density at radius 3 is 2.88 bits per heavy atom. The Morgan fingerprint density at radius 1 is 1.46 bits per heavy atom. The first-order valence-corrected chi connectivity index (χ1v) is 8.35. The Kier molecular flexibility index (Phi) is 4.15. The van der Waals surface area contributed by atoms with Crippen molar-refractivity contribution < 1.29 is 18.8 Å². The van der Waals surface area contributed by atoms with E-state index in [0.29, 0.717) is 11.3 Å². The molecule has 4 amide bonds. The molecule has 7 nitrogen and oxygen atoms in total. The van der Waals surface area contributed by atoms with E-state index in [-0.39, 0.29) is 12.6 Å². The molecule has 1 aliphatic heterocycles. The molecule has 3 rings (SSSR count). The summed E-state index contributed by atoms with van der Waals surface area (Å²) < 4.78 is 5.22. The topological polar surface area (TPSA) is 91.7 Å². The van der Waals surface area contributed by atoms with Crippen LogP contribution in [0.25, 0.3) is 0 Å². The Hall–Kier alpha value is -2.61. The summed E-state index contributed by atoms with van der Waals surface area (Å²) in [5.74, 6) is -0.271. The number of nitrogens with one attached hydrogen (secondary N) is 2. The van der Waals surface area contributed by atoms with Gasteiger partial charge in [0.15, 0.2) is 0 Å². The molecule has 24 heavy (non-hydrogen) atoms. The molecule has 1 fully saturated rings. The number of rotatable bonds is 5. The number of urea groups is 1. The van der Waals surface area contributed by atoms with Gasteiger partial charge >= 0.3 is 6.03 Å². The SMILES string of the molecule is C[C@H](NC(=O)CN1C(=O)N[C@@](C)(c2ccsc2)C1=O)c1ccco1. The molecule has 8 heteroatoms. The van der Waals surface area contributed by atoms with E-state index in [1.165, 1.54) is 17.6 Å². The number of imide groups is 1. The van der Waals surface area contributed by atoms with Crippen LogP contribution in [-0.4, -0.2) is 29.3 Å². The molecule has 0 unspecified atom stereocenters. The van der Waals surface area contributed by atoms with Crippen molar-refractivity contribution in [3.05, 3.63) is 46.5 Å². The lowest BCUT2D eigenvalue weighted by Crippen LogP contribution is -2.43. The molecule has 0 bridgehead atoms. The number of hydrogen-bond acceptors (Lipinski definition) is 5. The lowest BCUT2D eigenvalue weighted by Gasteiger charge is -2.20. The standard InChI is InChI=1S/C16H17N3O4S/c1-10(12-4-3-6-23-12)17-13(20)8-19-14(21)16(2,18-15(19)22)11-5-7-24-9-11/h3-7,9-10H,8H2,1-2H3,(H,17,20)(H,18,22)/t10-,16-/m0/s1. The highest BCUT2D eigenvalue weighted by Crippen LogP contribution is 2.30. The summed E-state index contributed by atoms with van der Waals surface area (Å²) >= 11 is 1.44. The quantitative estimate of drug-likeness (QED) is 0.809. The third kappa shape index (κ3) is 2.80. The number of amides is 4. The normalized spacial score (nSPS) is 21.7. The first-order valence-electron chi connectivity index (χ1n) is 7.41. The monoisotopic (exact) mass is 347 g/mol. The summed E-state index contributed by atoms with van der Waals surface area (Å²) in [6.07, 6.45) is 1.52. The lowest BCUT2D eigenvalue weighted by atomic mass is 9.95. The third-order valence-electron chi connectivity index (χ3n) is 4.02. The molecule has 0 saturated carbocycles. The van der Waals surface area contributed by atoms with Gasteiger partial charge in [-0.3, -0.25) is 14.5 Å². The average molecular weight is 347 g/mol. The second-order valence-electron chi connectivity index (χ2n) is 5.76. The van der Waals surface area contributed by atoms with Gasteiger partial charge < -0.3 is 15.1 Å². The smallest absolute Gasteiger partial charge is 0.325 e. The van der Waals surface area contributed by atoms with Crippen LogP contribution < -0.4 is 10.6 Å². The highest BCUT2D eigenvalue weighted by molar-refractivity contribution is 7.08. The Labute approximate surface area is 142 Å². The molecule has 2 aromatic heterocycles. The van der Waals surface area contributed by atoms with Gasteiger partial charge in [-0.2, -0.15) is 11.3 Å². The fourth-order valence-corrected chi connectivity index (χ4v) is 3.39. The van der Waals surface area contributed by atoms with Gasteiger partial charge in [0, 0.05) is 0 Å². The molecule has 2 N–H and O–H groups in total. The maximum absolute atomic E-state index is 12.6. The predicted octanol–water partition coefficient (Wildman–Crippen LogP) is 1.99. The van der Waals surface area contributed by atoms with Gasteiger partial charge in [-0.1, -0.05) is 0 Å². The van der Waals surface area contributed by atoms with E-state index in [1.807, 2.05) is 5.38 Å². The number of hydrogen-bond donors (Lipinski definition) is 2. The van der Waals surface area contributed by atoms with Gasteiger partial charge in [-0.25, -0.2) is 4.79 Å². The third-order valence-corrected chi connectivity index (χ3v) is 4.71. The second kappa shape index (κ2) is 6.12. The van der Waals surface area contributed by atoms with Crippen LogP contribution in [0.15, 0.2) is 39.6 Å². The molecular weight excluding hydrogens is 330 g/mol. The minimum absolute atomic E-state index is 0.338. The van der Waals surface area contributed by atoms with Gasteiger partial charge in [0.2, 0.25) is 5.91 Å². The van der Waals surface area contributed by atoms with Crippen LogP contribution in [0, 0.1) is 0 Å². The van der Waals surface area contributed by atoms with Crippen molar-refractivity contribution in [1.29, 1.82) is 0 Å². The van der Waals surface area contributed by atoms with Gasteiger partial charge in [0.1, 0.15) is 17.8 Å². The molecule has 1 saturated heterocycles. The zero-order valence-corrected chi connectivity index (χ0v) is 14.1. The van der Waals surface area contributed by atoms with E-state index in [9.17, 15) is 14.4 Å². The van der Waals surface area contributed by atoms with E-state index in [0.717, 1.165) is 4.90 Å². The first-order chi connectivity index (χ1) is 11.4. The molecule has 0 aliphatic carbocycles. The lowest BCUT2D eigenvalue weighted by molar-refractivity contribution is -0.135. The van der Waals surface area contributed by atoms with Crippen LogP contribution in [0.3, 0.4) is 0 Å². The maximum atomic E-state index is 12.6. The van der Waals surface area contributed by atoms with Gasteiger partial charge in [0.05, 0.1) is 12.3 Å². The molecule has 3 heterocycles. The van der Waals surface area contributed by atoms with E-state index < -0.39 is 23.4 Å². The van der Waals surface area contributed by atoms with Crippen molar-refractivity contribution in [3.63, 3.8) is 0 Å². The van der Waals surface area contributed by atoms with Crippen LogP contribution in [0.1, 0.15) is 31.2 Å². The average Bonchev–Trinajstić information content (AvgIpc) is 3.26. The molecule has 0 spiro atoms. The van der Waals surface area contributed by atoms with Gasteiger partial charge in [0.25, 0.3) is 5.91 Å². The Balaban J connectivity index is 1.68. The van der Waals surface area contributed by atoms with E-state index >= 15 is 0 Å². The van der Waals surface area contributed by atoms with Crippen molar-refractivity contribution in [2.45, 2.75) is 25.4 Å². The molecule has 0 aromatic carbocycles. The van der Waals surface area contributed by atoms with Crippen molar-refractivity contribution in [3.8, 4) is 0 Å². The number of carbonyl (C=O) groups excluding carboxylic acids is 3. The molecule has 0 radical (unpaired) electrons. The summed E-state index contributed by atoms with van der Waals surface area (Å²) in [5, 5.41) is 9.01. The van der Waals surface area contributed by atoms with E-state index in [4.69, 9.17) is 4.42 Å². The fraction of sp³-hybridized carbons (Fsp3) is 0.312. The number of nitrogens with zero attached hydrogens (tertiary/aromatic N) is 1. The number of furan rings is 1. The molecule has 1 aliphatic rings. The van der Waals surface area contributed by atoms with Gasteiger partial charge in [-0.15, -0.1) is 0 Å². The maximum Gasteiger partial charge on any atom is 0.325 e. The van der Waals surface area contributed by atoms with Crippen LogP contribution in [0.2, 0.25) is 0 Å². The first kappa shape index (κ1) is 16.3. The Bertz CT molecular complexity index is 756. The number of thiophene rings is 1. The Morgan fingerprint density at radius 2 is 2.25 bits per heavy atom. The fourth-order valence-electron chi connectivity index (χ4n) is 2.62. The summed E-state index contributed by atoms with van der Waals surface area (Å²) in [6, 6.07) is 4.32. The van der Waals surface area contributed by atoms with Crippen LogP contribution in [0.4, 0.5) is 4.79 Å². The van der Waals surface area contributed by atoms with Gasteiger partial charge in [-0.05, 0) is 48.4 Å². The minimum Gasteiger partial charge on any atom is -0.467 e. The minimum atomic E-state index is -1.13. The molecule has 126 valence electrons. The highest BCUT2D eigenvalue weighted by Gasteiger charge is 2.49. The summed E-state index contributed by atoms with van der Waals surface area (Å²) in [4.78, 5) is 37.9. The zero-order chi connectivity index (χ0) is 17.3. The van der Waals surface area contributed by atoms with Crippen molar-refractivity contribution >= 4 is 29.2 Å². The predicted molar refractivity (Wildman–Crippen MR) is 87.2 cm³/mol. The van der Waals surface area contributed by atoms with Crippen LogP contribution >= 0.6 is 11.3 Å². The van der Waals surface area contributed by atoms with Crippen molar-refractivity contribution in [2.24, 2.45) is 0 Å². The van der Waals surface area contributed by atoms with Crippen molar-refractivity contribution in [2.75, 3.05) is 6.54 Å². The molecule has 2 aromatic rings. The van der Waals surface area contributed by atoms with Crippen LogP contribution in [-0.2, 0) is 15.1 Å². The van der Waals surface area contributed by atoms with E-state index in [1.54, 1.807) is 37.4 Å². The molecular formula is C16H17N3O4S. The second-order valence-corrected chi connectivity index (χ2v) is 6.54. The summed E-state index contributed by atoms with van der Waals surface area (Å²) in [5.41, 5.74) is -0.429.